The van der Waals surface area contributed by atoms with E-state index in [4.69, 9.17) is 0 Å². The van der Waals surface area contributed by atoms with Crippen LogP contribution >= 0.6 is 0 Å². The predicted molar refractivity (Wildman–Crippen MR) is 177 cm³/mol. The topological polar surface area (TPSA) is 0 Å². The minimum Gasteiger partial charge on any atom is -0.0885 e. The maximum absolute atomic E-state index is 2.41. The fraction of sp³-hybridized carbons (Fsp3) is 0.946. The Morgan fingerprint density at radius 2 is 0.595 bits per heavy atom. The fourth-order valence-electron chi connectivity index (χ4n) is 4.89. The van der Waals surface area contributed by atoms with Crippen LogP contribution in [0, 0.1) is 5.92 Å². The number of hydrogen-bond donors (Lipinski definition) is 0. The zero-order valence-corrected chi connectivity index (χ0v) is 26.5. The smallest absolute Gasteiger partial charge is 0.0351 e. The van der Waals surface area contributed by atoms with Gasteiger partial charge in [0.2, 0.25) is 0 Å². The molecule has 0 aromatic heterocycles. The van der Waals surface area contributed by atoms with Gasteiger partial charge in [0.15, 0.2) is 0 Å². The van der Waals surface area contributed by atoms with Crippen LogP contribution in [0.4, 0.5) is 0 Å². The molecule has 0 saturated carbocycles. The normalized spacial score (nSPS) is 11.1. The standard InChI is InChI=1S/C18H38.C18H36.CH4/c1-4-5-6-7-8-9-10-11-12-13-14-15-16-17-18(2)3;1-3-5-7-9-11-13-15-17-18-16-14-12-10-8-6-4-2;/h18H,4-17H2,1-3H3;15,17H,3-14,16,18H2,1-2H3;1H4/b;17-15+;. The molecule has 0 unspecified atom stereocenters. The average Bonchev–Trinajstić information content (AvgIpc) is 2.87. The molecule has 0 aromatic rings. The van der Waals surface area contributed by atoms with Crippen molar-refractivity contribution in [3.05, 3.63) is 12.2 Å². The number of unbranched alkanes of at least 4 members (excludes halogenated alkanes) is 24. The van der Waals surface area contributed by atoms with E-state index in [1.54, 1.807) is 0 Å². The zero-order valence-electron chi connectivity index (χ0n) is 26.5. The van der Waals surface area contributed by atoms with Gasteiger partial charge in [0, 0.05) is 0 Å². The fourth-order valence-corrected chi connectivity index (χ4v) is 4.89. The van der Waals surface area contributed by atoms with Crippen molar-refractivity contribution in [2.45, 2.75) is 222 Å². The number of hydrogen-bond acceptors (Lipinski definition) is 0. The van der Waals surface area contributed by atoms with Gasteiger partial charge < -0.3 is 0 Å². The molecule has 0 atom stereocenters. The van der Waals surface area contributed by atoms with E-state index in [1.165, 1.54) is 180 Å². The third kappa shape index (κ3) is 46.0. The first-order valence-corrected chi connectivity index (χ1v) is 17.3. The summed E-state index contributed by atoms with van der Waals surface area (Å²) in [5, 5.41) is 0. The molecule has 0 amide bonds. The summed E-state index contributed by atoms with van der Waals surface area (Å²) in [6, 6.07) is 0. The van der Waals surface area contributed by atoms with E-state index in [0.29, 0.717) is 0 Å². The molecule has 0 N–H and O–H groups in total. The second-order valence-electron chi connectivity index (χ2n) is 12.0. The monoisotopic (exact) mass is 523 g/mol. The molecule has 37 heavy (non-hydrogen) atoms. The van der Waals surface area contributed by atoms with Gasteiger partial charge in [-0.25, -0.2) is 0 Å². The van der Waals surface area contributed by atoms with Gasteiger partial charge in [0.05, 0.1) is 0 Å². The molecule has 0 spiro atoms. The van der Waals surface area contributed by atoms with Crippen molar-refractivity contribution in [2.75, 3.05) is 0 Å². The summed E-state index contributed by atoms with van der Waals surface area (Å²) in [6.45, 7) is 11.5. The first kappa shape index (κ1) is 41.2. The zero-order chi connectivity index (χ0) is 26.8. The molecule has 0 nitrogen and oxygen atoms in total. The van der Waals surface area contributed by atoms with E-state index in [1.807, 2.05) is 0 Å². The molecule has 0 fully saturated rings. The van der Waals surface area contributed by atoms with Crippen molar-refractivity contribution in [2.24, 2.45) is 5.92 Å². The Morgan fingerprint density at radius 3 is 0.865 bits per heavy atom. The minimum atomic E-state index is 0. The van der Waals surface area contributed by atoms with E-state index in [0.717, 1.165) is 5.92 Å². The van der Waals surface area contributed by atoms with Crippen LogP contribution in [0.15, 0.2) is 12.2 Å². The van der Waals surface area contributed by atoms with Crippen molar-refractivity contribution >= 4 is 0 Å². The Kier molecular flexibility index (Phi) is 44.8. The molecule has 0 aliphatic heterocycles. The predicted octanol–water partition coefficient (Wildman–Crippen LogP) is 14.8. The molecule has 226 valence electrons. The van der Waals surface area contributed by atoms with Crippen LogP contribution in [-0.2, 0) is 0 Å². The van der Waals surface area contributed by atoms with Crippen LogP contribution < -0.4 is 0 Å². The summed E-state index contributed by atoms with van der Waals surface area (Å²) >= 11 is 0. The molecule has 0 radical (unpaired) electrons. The SMILES string of the molecule is C.CCCCCCC/C=C/CCCCCCCCC.CCCCCCCCCCCCCCCC(C)C. The summed E-state index contributed by atoms with van der Waals surface area (Å²) in [5.74, 6) is 0.901. The Balaban J connectivity index is -0.000000608. The molecular formula is C37H78. The van der Waals surface area contributed by atoms with Crippen molar-refractivity contribution in [3.8, 4) is 0 Å². The van der Waals surface area contributed by atoms with Gasteiger partial charge in [-0.15, -0.1) is 0 Å². The Hall–Kier alpha value is -0.260. The lowest BCUT2D eigenvalue weighted by atomic mass is 10.0. The van der Waals surface area contributed by atoms with Crippen LogP contribution in [0.3, 0.4) is 0 Å². The van der Waals surface area contributed by atoms with E-state index in [9.17, 15) is 0 Å². The highest BCUT2D eigenvalue weighted by molar-refractivity contribution is 4.81. The van der Waals surface area contributed by atoms with Crippen molar-refractivity contribution < 1.29 is 0 Å². The summed E-state index contributed by atoms with van der Waals surface area (Å²) in [6.07, 6.45) is 44.9. The molecule has 0 heteroatoms. The Morgan fingerprint density at radius 1 is 0.351 bits per heavy atom. The van der Waals surface area contributed by atoms with Crippen LogP contribution in [0.25, 0.3) is 0 Å². The quantitative estimate of drug-likeness (QED) is 0.0707. The van der Waals surface area contributed by atoms with E-state index < -0.39 is 0 Å². The van der Waals surface area contributed by atoms with Crippen LogP contribution in [0.1, 0.15) is 222 Å². The van der Waals surface area contributed by atoms with Gasteiger partial charge in [-0.2, -0.15) is 0 Å². The van der Waals surface area contributed by atoms with Crippen LogP contribution in [-0.4, -0.2) is 0 Å². The van der Waals surface area contributed by atoms with E-state index in [-0.39, 0.29) is 7.43 Å². The molecule has 0 bridgehead atoms. The van der Waals surface area contributed by atoms with Crippen molar-refractivity contribution in [1.29, 1.82) is 0 Å². The Labute approximate surface area is 239 Å². The van der Waals surface area contributed by atoms with Gasteiger partial charge in [0.1, 0.15) is 0 Å². The van der Waals surface area contributed by atoms with E-state index >= 15 is 0 Å². The third-order valence-electron chi connectivity index (χ3n) is 7.50. The number of rotatable bonds is 28. The summed E-state index contributed by atoms with van der Waals surface area (Å²) < 4.78 is 0. The van der Waals surface area contributed by atoms with Gasteiger partial charge in [-0.05, 0) is 31.6 Å². The minimum absolute atomic E-state index is 0. The number of allylic oxidation sites excluding steroid dienone is 2. The summed E-state index contributed by atoms with van der Waals surface area (Å²) in [5.41, 5.74) is 0. The lowest BCUT2D eigenvalue weighted by Crippen LogP contribution is -1.87. The first-order chi connectivity index (χ1) is 17.7. The van der Waals surface area contributed by atoms with Gasteiger partial charge >= 0.3 is 0 Å². The summed E-state index contributed by atoms with van der Waals surface area (Å²) in [4.78, 5) is 0. The highest BCUT2D eigenvalue weighted by atomic mass is 14.0. The maximum Gasteiger partial charge on any atom is -0.0351 e. The van der Waals surface area contributed by atoms with Crippen molar-refractivity contribution in [3.63, 3.8) is 0 Å². The highest BCUT2D eigenvalue weighted by Crippen LogP contribution is 2.14. The highest BCUT2D eigenvalue weighted by Gasteiger charge is 1.96. The largest absolute Gasteiger partial charge is 0.0885 e. The molecule has 0 aliphatic carbocycles. The second kappa shape index (κ2) is 40.2. The maximum atomic E-state index is 2.41. The van der Waals surface area contributed by atoms with Gasteiger partial charge in [-0.3, -0.25) is 0 Å². The van der Waals surface area contributed by atoms with Crippen molar-refractivity contribution in [1.82, 2.24) is 0 Å². The van der Waals surface area contributed by atoms with E-state index in [2.05, 4.69) is 46.8 Å². The summed E-state index contributed by atoms with van der Waals surface area (Å²) in [7, 11) is 0. The van der Waals surface area contributed by atoms with Crippen LogP contribution in [0.2, 0.25) is 0 Å². The average molecular weight is 523 g/mol. The lowest BCUT2D eigenvalue weighted by molar-refractivity contribution is 0.503. The molecular weight excluding hydrogens is 444 g/mol. The molecule has 0 rings (SSSR count). The van der Waals surface area contributed by atoms with Crippen LogP contribution in [0.5, 0.6) is 0 Å². The van der Waals surface area contributed by atoms with Gasteiger partial charge in [-0.1, -0.05) is 208 Å². The molecule has 0 heterocycles. The molecule has 0 saturated heterocycles. The Bertz CT molecular complexity index is 366. The molecule has 0 aliphatic rings. The van der Waals surface area contributed by atoms with Gasteiger partial charge in [0.25, 0.3) is 0 Å². The second-order valence-corrected chi connectivity index (χ2v) is 12.0. The first-order valence-electron chi connectivity index (χ1n) is 17.3. The third-order valence-corrected chi connectivity index (χ3v) is 7.50. The molecule has 0 aromatic carbocycles. The lowest BCUT2D eigenvalue weighted by Gasteiger charge is -2.04.